The van der Waals surface area contributed by atoms with E-state index in [2.05, 4.69) is 31.3 Å². The molecule has 0 atom stereocenters. The van der Waals surface area contributed by atoms with Crippen LogP contribution in [0.3, 0.4) is 0 Å². The van der Waals surface area contributed by atoms with Gasteiger partial charge in [0.1, 0.15) is 39.9 Å². The predicted molar refractivity (Wildman–Crippen MR) is 284 cm³/mol. The molecule has 0 saturated carbocycles. The monoisotopic (exact) mass is 1040 g/mol. The summed E-state index contributed by atoms with van der Waals surface area (Å²) in [5.41, 5.74) is 3.87. The van der Waals surface area contributed by atoms with Crippen LogP contribution in [0, 0.1) is 0 Å². The molecule has 2 amide bonds. The van der Waals surface area contributed by atoms with Gasteiger partial charge >= 0.3 is 11.9 Å². The number of rotatable bonds is 11. The number of carboxylic acid groups (broad SMARTS) is 2. The zero-order valence-electron chi connectivity index (χ0n) is 42.4. The van der Waals surface area contributed by atoms with E-state index >= 15 is 0 Å². The number of amides is 2. The summed E-state index contributed by atoms with van der Waals surface area (Å²) in [7, 11) is 0. The summed E-state index contributed by atoms with van der Waals surface area (Å²) in [6, 6.07) is 26.3. The average molecular weight is 1040 g/mol. The number of nitrogens with one attached hydrogen (secondary N) is 2. The number of carbonyl (C=O) groups is 4. The number of phenols is 2. The van der Waals surface area contributed by atoms with Gasteiger partial charge < -0.3 is 39.9 Å². The van der Waals surface area contributed by atoms with Crippen LogP contribution in [0.2, 0.25) is 0 Å². The van der Waals surface area contributed by atoms with Gasteiger partial charge in [-0.05, 0) is 105 Å². The molecule has 4 aliphatic rings. The molecule has 0 radical (unpaired) electrons. The number of fused-ring (bicyclic) bond motifs is 4. The zero-order chi connectivity index (χ0) is 55.1. The summed E-state index contributed by atoms with van der Waals surface area (Å²) in [5.74, 6) is -2.95. The zero-order valence-corrected chi connectivity index (χ0v) is 42.4. The molecule has 2 aromatic heterocycles. The Morgan fingerprint density at radius 3 is 1.52 bits per heavy atom. The molecule has 77 heavy (non-hydrogen) atoms. The molecule has 0 saturated heterocycles. The fraction of sp³-hybridized carbons (Fsp3) is 0.193. The number of nitrogens with zero attached hydrogens (tertiary/aromatic N) is 6. The van der Waals surface area contributed by atoms with Crippen molar-refractivity contribution in [2.45, 2.75) is 65.6 Å². The van der Waals surface area contributed by atoms with Gasteiger partial charge in [-0.2, -0.15) is 0 Å². The predicted octanol–water partition coefficient (Wildman–Crippen LogP) is 8.53. The largest absolute Gasteiger partial charge is 0.508 e. The molecular formula is C57H50N8O12. The van der Waals surface area contributed by atoms with Gasteiger partial charge in [0.15, 0.2) is 10.9 Å². The maximum Gasteiger partial charge on any atom is 0.336 e. The van der Waals surface area contributed by atoms with E-state index in [1.807, 2.05) is 47.7 Å². The summed E-state index contributed by atoms with van der Waals surface area (Å²) in [4.78, 5) is 74.5. The van der Waals surface area contributed by atoms with Crippen molar-refractivity contribution in [2.75, 3.05) is 6.54 Å². The van der Waals surface area contributed by atoms with E-state index in [0.29, 0.717) is 56.4 Å². The molecule has 10 rings (SSSR count). The summed E-state index contributed by atoms with van der Waals surface area (Å²) >= 11 is 0. The van der Waals surface area contributed by atoms with Crippen LogP contribution in [0.5, 0.6) is 11.5 Å². The fourth-order valence-corrected chi connectivity index (χ4v) is 8.58. The number of aromatic nitrogens is 6. The number of carbonyl (C=O) groups excluding carboxylic acids is 2. The lowest BCUT2D eigenvalue weighted by atomic mass is 9.90. The first kappa shape index (κ1) is 51.9. The minimum atomic E-state index is -1.23. The van der Waals surface area contributed by atoms with Crippen LogP contribution in [0.25, 0.3) is 66.8 Å². The second kappa shape index (κ2) is 20.4. The molecule has 0 spiro atoms. The summed E-state index contributed by atoms with van der Waals surface area (Å²) < 4.78 is 15.0. The van der Waals surface area contributed by atoms with Gasteiger partial charge in [0.2, 0.25) is 0 Å². The molecule has 4 aromatic carbocycles. The molecule has 0 unspecified atom stereocenters. The van der Waals surface area contributed by atoms with E-state index in [-0.39, 0.29) is 91.3 Å². The molecule has 20 nitrogen and oxygen atoms in total. The summed E-state index contributed by atoms with van der Waals surface area (Å²) in [5, 5.41) is 63.1. The molecule has 20 heteroatoms. The minimum absolute atomic E-state index is 0.0409. The molecule has 6 N–H and O–H groups in total. The van der Waals surface area contributed by atoms with Crippen molar-refractivity contribution in [2.24, 2.45) is 0 Å². The number of carboxylic acids is 2. The number of hydrogen-bond donors (Lipinski definition) is 6. The normalized spacial score (nSPS) is 11.7. The first-order valence-corrected chi connectivity index (χ1v) is 24.1. The van der Waals surface area contributed by atoms with E-state index in [4.69, 9.17) is 8.83 Å². The van der Waals surface area contributed by atoms with Crippen LogP contribution in [-0.2, 0) is 24.0 Å². The van der Waals surface area contributed by atoms with E-state index in [1.54, 1.807) is 58.0 Å². The topological polar surface area (TPSA) is 295 Å². The number of aromatic carboxylic acids is 2. The summed E-state index contributed by atoms with van der Waals surface area (Å²) in [6.07, 6.45) is 3.58. The smallest absolute Gasteiger partial charge is 0.336 e. The van der Waals surface area contributed by atoms with Gasteiger partial charge in [0, 0.05) is 86.6 Å². The van der Waals surface area contributed by atoms with E-state index in [9.17, 15) is 49.2 Å². The Labute approximate surface area is 437 Å². The highest BCUT2D eigenvalue weighted by molar-refractivity contribution is 6.10. The van der Waals surface area contributed by atoms with Crippen LogP contribution < -0.4 is 21.5 Å². The van der Waals surface area contributed by atoms with Crippen molar-refractivity contribution in [1.29, 1.82) is 0 Å². The van der Waals surface area contributed by atoms with Crippen molar-refractivity contribution < 1.29 is 48.4 Å². The SMILES string of the molecule is CC(C)(C)c1cn(CCNC(=O)c2ccc(-c3c4ccc(=O)cc-4oc4cc(O)ccc34)c(C(=O)O)c2)nn1.CC(C)(C)n1cc(CNC(=O)c2ccc(-c3c4ccc(=O)cc-4oc4cc(O)ccc34)c(C(=O)O)c2)nn1. The number of phenolic OH excluding ortho intramolecular Hbond substituents is 2. The second-order valence-corrected chi connectivity index (χ2v) is 20.1. The summed E-state index contributed by atoms with van der Waals surface area (Å²) in [6.45, 7) is 12.8. The molecule has 2 aliphatic heterocycles. The lowest BCUT2D eigenvalue weighted by Crippen LogP contribution is -2.27. The molecular weight excluding hydrogens is 989 g/mol. The van der Waals surface area contributed by atoms with Gasteiger partial charge in [-0.25, -0.2) is 14.3 Å². The van der Waals surface area contributed by atoms with Gasteiger partial charge in [0.05, 0.1) is 41.6 Å². The molecule has 390 valence electrons. The third-order valence-corrected chi connectivity index (χ3v) is 12.5. The van der Waals surface area contributed by atoms with Gasteiger partial charge in [-0.15, -0.1) is 10.2 Å². The first-order chi connectivity index (χ1) is 36.5. The molecule has 4 heterocycles. The van der Waals surface area contributed by atoms with Crippen molar-refractivity contribution in [3.63, 3.8) is 0 Å². The maximum absolute atomic E-state index is 12.9. The number of hydrogen-bond acceptors (Lipinski definition) is 14. The molecule has 0 bridgehead atoms. The van der Waals surface area contributed by atoms with Crippen molar-refractivity contribution >= 4 is 45.7 Å². The first-order valence-electron chi connectivity index (χ1n) is 24.1. The van der Waals surface area contributed by atoms with Gasteiger partial charge in [0.25, 0.3) is 11.8 Å². The van der Waals surface area contributed by atoms with E-state index in [0.717, 1.165) is 5.69 Å². The third-order valence-electron chi connectivity index (χ3n) is 12.5. The lowest BCUT2D eigenvalue weighted by Gasteiger charge is -2.17. The highest BCUT2D eigenvalue weighted by Crippen LogP contribution is 2.44. The Balaban J connectivity index is 0.000000188. The maximum atomic E-state index is 12.9. The van der Waals surface area contributed by atoms with Gasteiger partial charge in [-0.1, -0.05) is 43.3 Å². The van der Waals surface area contributed by atoms with Crippen LogP contribution in [-0.4, -0.2) is 80.7 Å². The van der Waals surface area contributed by atoms with Crippen molar-refractivity contribution in [3.05, 3.63) is 176 Å². The van der Waals surface area contributed by atoms with Gasteiger partial charge in [-0.3, -0.25) is 23.9 Å². The Bertz CT molecular complexity index is 4030. The van der Waals surface area contributed by atoms with Crippen LogP contribution in [0.4, 0.5) is 0 Å². The van der Waals surface area contributed by atoms with Crippen LogP contribution in [0.15, 0.2) is 140 Å². The Kier molecular flexibility index (Phi) is 13.7. The lowest BCUT2D eigenvalue weighted by molar-refractivity contribution is 0.0686. The number of aromatic hydroxyl groups is 2. The molecule has 2 aliphatic carbocycles. The highest BCUT2D eigenvalue weighted by Gasteiger charge is 2.26. The Hall–Kier alpha value is -9.98. The van der Waals surface area contributed by atoms with Crippen molar-refractivity contribution in [3.8, 4) is 56.4 Å². The van der Waals surface area contributed by atoms with Crippen LogP contribution in [0.1, 0.15) is 94.4 Å². The quantitative estimate of drug-likeness (QED) is 0.0661. The molecule has 0 fully saturated rings. The average Bonchev–Trinajstić information content (AvgIpc) is 4.14. The standard InChI is InChI=1S/C29H26N4O6.C28H24N4O6/c1-29(2,3)25-15-33(32-31-25)11-10-30-27(36)16-4-7-19(22(12-16)28(37)38)26-20-8-5-17(34)13-23(20)39-24-14-18(35)6-9-21(24)26;1-28(2,3)32-14-16(30-31-32)13-29-26(35)15-4-7-19(22(10-15)27(36)37)25-20-8-5-17(33)11-23(20)38-24-12-18(34)6-9-21(24)25/h4-9,12-15,34H,10-11H2,1-3H3,(H,30,36)(H,37,38);4-12,14,33H,13H2,1-3H3,(H,29,35)(H,36,37). The Morgan fingerprint density at radius 1 is 0.571 bits per heavy atom. The number of benzene rings is 6. The Morgan fingerprint density at radius 2 is 1.06 bits per heavy atom. The van der Waals surface area contributed by atoms with Crippen LogP contribution >= 0.6 is 0 Å². The fourth-order valence-electron chi connectivity index (χ4n) is 8.58. The highest BCUT2D eigenvalue weighted by atomic mass is 16.4. The minimum Gasteiger partial charge on any atom is -0.508 e. The second-order valence-electron chi connectivity index (χ2n) is 20.1. The third kappa shape index (κ3) is 11.0. The van der Waals surface area contributed by atoms with E-state index in [1.165, 1.54) is 66.7 Å². The van der Waals surface area contributed by atoms with E-state index < -0.39 is 23.8 Å². The van der Waals surface area contributed by atoms with Crippen molar-refractivity contribution in [1.82, 2.24) is 40.6 Å². The molecule has 6 aromatic rings.